The van der Waals surface area contributed by atoms with Crippen molar-refractivity contribution in [1.82, 2.24) is 10.3 Å². The zero-order valence-electron chi connectivity index (χ0n) is 12.0. The number of pyridine rings is 1. The fourth-order valence-electron chi connectivity index (χ4n) is 2.45. The molecule has 22 heavy (non-hydrogen) atoms. The maximum atomic E-state index is 12.1. The van der Waals surface area contributed by atoms with Crippen molar-refractivity contribution in [3.8, 4) is 5.88 Å². The third kappa shape index (κ3) is 2.76. The monoisotopic (exact) mass is 297 g/mol. The van der Waals surface area contributed by atoms with Crippen LogP contribution in [0.5, 0.6) is 5.88 Å². The lowest BCUT2D eigenvalue weighted by Crippen LogP contribution is -2.24. The summed E-state index contributed by atoms with van der Waals surface area (Å²) < 4.78 is 4.96. The van der Waals surface area contributed by atoms with Crippen LogP contribution >= 0.6 is 0 Å². The second-order valence-corrected chi connectivity index (χ2v) is 4.95. The standard InChI is InChI=1S/C16H15N3O3/c1-22-15-7-6-10(9-17-15)18-14(20)8-13-11-4-2-3-5-12(11)16(21)19-13/h2-7,9,13H,8H2,1H3,(H,18,20)(H,19,21)/t13-/m0/s1. The van der Waals surface area contributed by atoms with Gasteiger partial charge < -0.3 is 15.4 Å². The highest BCUT2D eigenvalue weighted by Gasteiger charge is 2.29. The van der Waals surface area contributed by atoms with Crippen molar-refractivity contribution < 1.29 is 14.3 Å². The molecular formula is C16H15N3O3. The van der Waals surface area contributed by atoms with E-state index >= 15 is 0 Å². The van der Waals surface area contributed by atoms with E-state index in [-0.39, 0.29) is 24.3 Å². The topological polar surface area (TPSA) is 80.3 Å². The highest BCUT2D eigenvalue weighted by molar-refractivity contribution is 6.00. The molecule has 0 saturated heterocycles. The number of methoxy groups -OCH3 is 1. The fourth-order valence-corrected chi connectivity index (χ4v) is 2.45. The summed E-state index contributed by atoms with van der Waals surface area (Å²) in [6, 6.07) is 10.4. The first kappa shape index (κ1) is 14.1. The maximum Gasteiger partial charge on any atom is 0.252 e. The second-order valence-electron chi connectivity index (χ2n) is 4.95. The fraction of sp³-hybridized carbons (Fsp3) is 0.188. The molecule has 6 heteroatoms. The number of carbonyl (C=O) groups excluding carboxylic acids is 2. The Morgan fingerprint density at radius 1 is 1.32 bits per heavy atom. The van der Waals surface area contributed by atoms with Crippen LogP contribution < -0.4 is 15.4 Å². The van der Waals surface area contributed by atoms with Gasteiger partial charge in [-0.25, -0.2) is 4.98 Å². The van der Waals surface area contributed by atoms with Gasteiger partial charge in [0.25, 0.3) is 5.91 Å². The van der Waals surface area contributed by atoms with E-state index in [1.165, 1.54) is 13.3 Å². The Morgan fingerprint density at radius 2 is 2.14 bits per heavy atom. The van der Waals surface area contributed by atoms with Crippen LogP contribution in [0.15, 0.2) is 42.6 Å². The van der Waals surface area contributed by atoms with Crippen LogP contribution in [-0.4, -0.2) is 23.9 Å². The number of nitrogens with one attached hydrogen (secondary N) is 2. The van der Waals surface area contributed by atoms with Gasteiger partial charge in [0.15, 0.2) is 0 Å². The minimum atomic E-state index is -0.296. The van der Waals surface area contributed by atoms with Gasteiger partial charge >= 0.3 is 0 Å². The zero-order chi connectivity index (χ0) is 15.5. The van der Waals surface area contributed by atoms with Crippen LogP contribution in [0.3, 0.4) is 0 Å². The summed E-state index contributed by atoms with van der Waals surface area (Å²) in [5.74, 6) is 0.156. The average molecular weight is 297 g/mol. The van der Waals surface area contributed by atoms with Crippen LogP contribution in [0.1, 0.15) is 28.4 Å². The molecule has 112 valence electrons. The van der Waals surface area contributed by atoms with Gasteiger partial charge in [-0.05, 0) is 17.7 Å². The number of benzene rings is 1. The van der Waals surface area contributed by atoms with E-state index < -0.39 is 0 Å². The van der Waals surface area contributed by atoms with Gasteiger partial charge in [0, 0.05) is 11.6 Å². The van der Waals surface area contributed by atoms with Crippen molar-refractivity contribution in [2.45, 2.75) is 12.5 Å². The molecule has 0 bridgehead atoms. The molecule has 2 amide bonds. The van der Waals surface area contributed by atoms with E-state index in [1.54, 1.807) is 18.2 Å². The van der Waals surface area contributed by atoms with E-state index in [2.05, 4.69) is 15.6 Å². The molecule has 1 atom stereocenters. The van der Waals surface area contributed by atoms with Crippen molar-refractivity contribution >= 4 is 17.5 Å². The molecule has 2 aromatic rings. The zero-order valence-corrected chi connectivity index (χ0v) is 12.0. The summed E-state index contributed by atoms with van der Waals surface area (Å²) in [5.41, 5.74) is 2.07. The lowest BCUT2D eigenvalue weighted by Gasteiger charge is -2.12. The molecule has 0 saturated carbocycles. The van der Waals surface area contributed by atoms with Crippen LogP contribution in [0.25, 0.3) is 0 Å². The Balaban J connectivity index is 1.66. The average Bonchev–Trinajstić information content (AvgIpc) is 2.85. The third-order valence-electron chi connectivity index (χ3n) is 3.50. The normalized spacial score (nSPS) is 15.9. The predicted molar refractivity (Wildman–Crippen MR) is 80.7 cm³/mol. The molecule has 0 aliphatic carbocycles. The molecule has 0 spiro atoms. The van der Waals surface area contributed by atoms with Crippen LogP contribution in [-0.2, 0) is 4.79 Å². The first-order valence-electron chi connectivity index (χ1n) is 6.87. The summed E-state index contributed by atoms with van der Waals surface area (Å²) in [7, 11) is 1.53. The van der Waals surface area contributed by atoms with E-state index in [4.69, 9.17) is 4.74 Å². The number of hydrogen-bond acceptors (Lipinski definition) is 4. The molecule has 1 aromatic heterocycles. The van der Waals surface area contributed by atoms with Crippen molar-refractivity contribution in [3.05, 3.63) is 53.7 Å². The smallest absolute Gasteiger partial charge is 0.252 e. The summed E-state index contributed by atoms with van der Waals surface area (Å²) in [6.07, 6.45) is 1.70. The van der Waals surface area contributed by atoms with Crippen molar-refractivity contribution in [1.29, 1.82) is 0 Å². The van der Waals surface area contributed by atoms with Crippen molar-refractivity contribution in [2.24, 2.45) is 0 Å². The summed E-state index contributed by atoms with van der Waals surface area (Å²) in [4.78, 5) is 28.0. The molecule has 3 rings (SSSR count). The van der Waals surface area contributed by atoms with Crippen molar-refractivity contribution in [3.63, 3.8) is 0 Å². The number of nitrogens with zero attached hydrogens (tertiary/aromatic N) is 1. The number of ether oxygens (including phenoxy) is 1. The molecule has 0 unspecified atom stereocenters. The SMILES string of the molecule is COc1ccc(NC(=O)C[C@@H]2NC(=O)c3ccccc32)cn1. The largest absolute Gasteiger partial charge is 0.481 e. The number of aromatic nitrogens is 1. The van der Waals surface area contributed by atoms with Crippen LogP contribution in [0.4, 0.5) is 5.69 Å². The first-order valence-corrected chi connectivity index (χ1v) is 6.87. The van der Waals surface area contributed by atoms with Gasteiger partial charge in [0.1, 0.15) is 0 Å². The van der Waals surface area contributed by atoms with E-state index in [1.807, 2.05) is 18.2 Å². The number of hydrogen-bond donors (Lipinski definition) is 2. The molecule has 1 aliphatic heterocycles. The lowest BCUT2D eigenvalue weighted by molar-refractivity contribution is -0.116. The van der Waals surface area contributed by atoms with Gasteiger partial charge in [0.05, 0.1) is 31.5 Å². The van der Waals surface area contributed by atoms with Crippen LogP contribution in [0, 0.1) is 0 Å². The van der Waals surface area contributed by atoms with Crippen molar-refractivity contribution in [2.75, 3.05) is 12.4 Å². The van der Waals surface area contributed by atoms with E-state index in [9.17, 15) is 9.59 Å². The van der Waals surface area contributed by atoms with Gasteiger partial charge in [-0.2, -0.15) is 0 Å². The molecule has 6 nitrogen and oxygen atoms in total. The Hall–Kier alpha value is -2.89. The molecule has 0 radical (unpaired) electrons. The molecule has 0 fully saturated rings. The minimum Gasteiger partial charge on any atom is -0.481 e. The Kier molecular flexibility index (Phi) is 3.74. The first-order chi connectivity index (χ1) is 10.7. The molecule has 2 heterocycles. The Bertz CT molecular complexity index is 713. The number of amides is 2. The summed E-state index contributed by atoms with van der Waals surface area (Å²) >= 11 is 0. The Labute approximate surface area is 127 Å². The highest BCUT2D eigenvalue weighted by atomic mass is 16.5. The predicted octanol–water partition coefficient (Wildman–Crippen LogP) is 1.90. The lowest BCUT2D eigenvalue weighted by atomic mass is 10.0. The Morgan fingerprint density at radius 3 is 2.86 bits per heavy atom. The van der Waals surface area contributed by atoms with E-state index in [0.29, 0.717) is 17.1 Å². The number of carbonyl (C=O) groups is 2. The third-order valence-corrected chi connectivity index (χ3v) is 3.50. The van der Waals surface area contributed by atoms with Gasteiger partial charge in [0.2, 0.25) is 11.8 Å². The summed E-state index contributed by atoms with van der Waals surface area (Å²) in [6.45, 7) is 0. The molecule has 1 aromatic carbocycles. The van der Waals surface area contributed by atoms with Gasteiger partial charge in [-0.3, -0.25) is 9.59 Å². The number of rotatable bonds is 4. The maximum absolute atomic E-state index is 12.1. The van der Waals surface area contributed by atoms with Gasteiger partial charge in [-0.15, -0.1) is 0 Å². The van der Waals surface area contributed by atoms with Gasteiger partial charge in [-0.1, -0.05) is 18.2 Å². The quantitative estimate of drug-likeness (QED) is 0.903. The molecule has 1 aliphatic rings. The number of anilines is 1. The number of fused-ring (bicyclic) bond motifs is 1. The second kappa shape index (κ2) is 5.85. The molecule has 2 N–H and O–H groups in total. The minimum absolute atomic E-state index is 0.139. The van der Waals surface area contributed by atoms with Crippen LogP contribution in [0.2, 0.25) is 0 Å². The summed E-state index contributed by atoms with van der Waals surface area (Å²) in [5, 5.41) is 5.58. The highest BCUT2D eigenvalue weighted by Crippen LogP contribution is 2.27. The molecular weight excluding hydrogens is 282 g/mol. The van der Waals surface area contributed by atoms with E-state index in [0.717, 1.165) is 5.56 Å².